The second-order valence-electron chi connectivity index (χ2n) is 4.91. The zero-order valence-corrected chi connectivity index (χ0v) is 9.95. The van der Waals surface area contributed by atoms with Crippen molar-refractivity contribution in [2.24, 2.45) is 17.6 Å². The molecule has 1 fully saturated rings. The first-order valence-corrected chi connectivity index (χ1v) is 6.12. The lowest BCUT2D eigenvalue weighted by Crippen LogP contribution is -2.18. The fourth-order valence-corrected chi connectivity index (χ4v) is 2.42. The molecule has 3 heteroatoms. The summed E-state index contributed by atoms with van der Waals surface area (Å²) in [6.07, 6.45) is 3.07. The summed E-state index contributed by atoms with van der Waals surface area (Å²) >= 11 is 0. The van der Waals surface area contributed by atoms with Crippen molar-refractivity contribution >= 4 is 0 Å². The van der Waals surface area contributed by atoms with Gasteiger partial charge in [-0.05, 0) is 36.5 Å². The summed E-state index contributed by atoms with van der Waals surface area (Å²) < 4.78 is 1.95. The largest absolute Gasteiger partial charge is 0.322 e. The van der Waals surface area contributed by atoms with Crippen LogP contribution in [0.1, 0.15) is 25.1 Å². The third kappa shape index (κ3) is 1.87. The molecule has 1 aliphatic carbocycles. The Bertz CT molecular complexity index is 503. The monoisotopic (exact) mass is 227 g/mol. The van der Waals surface area contributed by atoms with Gasteiger partial charge in [0, 0.05) is 6.20 Å². The highest BCUT2D eigenvalue weighted by Crippen LogP contribution is 2.45. The van der Waals surface area contributed by atoms with Crippen LogP contribution in [0.4, 0.5) is 0 Å². The Kier molecular flexibility index (Phi) is 2.48. The van der Waals surface area contributed by atoms with Crippen molar-refractivity contribution in [3.05, 3.63) is 48.3 Å². The zero-order chi connectivity index (χ0) is 11.8. The molecule has 0 saturated heterocycles. The average molecular weight is 227 g/mol. The maximum atomic E-state index is 6.31. The van der Waals surface area contributed by atoms with Gasteiger partial charge in [-0.2, -0.15) is 5.10 Å². The summed E-state index contributed by atoms with van der Waals surface area (Å²) in [6, 6.07) is 12.3. The zero-order valence-electron chi connectivity index (χ0n) is 9.95. The average Bonchev–Trinajstić information content (AvgIpc) is 2.92. The lowest BCUT2D eigenvalue weighted by atomic mass is 10.1. The molecule has 0 bridgehead atoms. The topological polar surface area (TPSA) is 43.8 Å². The van der Waals surface area contributed by atoms with Gasteiger partial charge in [-0.25, -0.2) is 4.68 Å². The Morgan fingerprint density at radius 1 is 1.29 bits per heavy atom. The molecule has 3 rings (SSSR count). The standard InChI is InChI=1S/C14H17N3/c1-10-9-12(10)14(15)13-7-8-16-17(13)11-5-3-2-4-6-11/h2-8,10,12,14H,9,15H2,1H3. The van der Waals surface area contributed by atoms with E-state index in [0.717, 1.165) is 17.3 Å². The molecule has 1 aliphatic rings. The third-order valence-corrected chi connectivity index (χ3v) is 3.65. The van der Waals surface area contributed by atoms with Crippen molar-refractivity contribution in [2.45, 2.75) is 19.4 Å². The predicted molar refractivity (Wildman–Crippen MR) is 67.8 cm³/mol. The van der Waals surface area contributed by atoms with Crippen LogP contribution in [-0.2, 0) is 0 Å². The highest BCUT2D eigenvalue weighted by molar-refractivity contribution is 5.33. The molecular formula is C14H17N3. The molecule has 1 heterocycles. The van der Waals surface area contributed by atoms with Crippen LogP contribution in [0.25, 0.3) is 5.69 Å². The van der Waals surface area contributed by atoms with Crippen LogP contribution in [-0.4, -0.2) is 9.78 Å². The van der Waals surface area contributed by atoms with E-state index in [9.17, 15) is 0 Å². The summed E-state index contributed by atoms with van der Waals surface area (Å²) in [5, 5.41) is 4.38. The summed E-state index contributed by atoms with van der Waals surface area (Å²) in [6.45, 7) is 2.26. The molecule has 3 atom stereocenters. The Labute approximate surface area is 101 Å². The van der Waals surface area contributed by atoms with Crippen molar-refractivity contribution in [3.8, 4) is 5.69 Å². The van der Waals surface area contributed by atoms with Gasteiger partial charge < -0.3 is 5.73 Å². The van der Waals surface area contributed by atoms with E-state index in [-0.39, 0.29) is 6.04 Å². The van der Waals surface area contributed by atoms with Crippen LogP contribution >= 0.6 is 0 Å². The second-order valence-corrected chi connectivity index (χ2v) is 4.91. The number of hydrogen-bond acceptors (Lipinski definition) is 2. The normalized spacial score (nSPS) is 24.6. The van der Waals surface area contributed by atoms with Gasteiger partial charge in [0.1, 0.15) is 0 Å². The van der Waals surface area contributed by atoms with Gasteiger partial charge in [-0.3, -0.25) is 0 Å². The molecule has 0 aliphatic heterocycles. The molecule has 3 nitrogen and oxygen atoms in total. The predicted octanol–water partition coefficient (Wildman–Crippen LogP) is 2.53. The van der Waals surface area contributed by atoms with Gasteiger partial charge in [0.05, 0.1) is 17.4 Å². The van der Waals surface area contributed by atoms with Crippen LogP contribution in [0.2, 0.25) is 0 Å². The van der Waals surface area contributed by atoms with Crippen molar-refractivity contribution in [1.82, 2.24) is 9.78 Å². The van der Waals surface area contributed by atoms with E-state index in [1.165, 1.54) is 6.42 Å². The number of benzene rings is 1. The molecule has 0 radical (unpaired) electrons. The Hall–Kier alpha value is -1.61. The quantitative estimate of drug-likeness (QED) is 0.875. The van der Waals surface area contributed by atoms with Gasteiger partial charge in [0.25, 0.3) is 0 Å². The second kappa shape index (κ2) is 4.00. The van der Waals surface area contributed by atoms with E-state index in [2.05, 4.69) is 24.2 Å². The summed E-state index contributed by atoms with van der Waals surface area (Å²) in [4.78, 5) is 0. The van der Waals surface area contributed by atoms with E-state index >= 15 is 0 Å². The van der Waals surface area contributed by atoms with Crippen LogP contribution in [0.15, 0.2) is 42.6 Å². The van der Waals surface area contributed by atoms with Crippen molar-refractivity contribution < 1.29 is 0 Å². The maximum absolute atomic E-state index is 6.31. The van der Waals surface area contributed by atoms with Crippen molar-refractivity contribution in [2.75, 3.05) is 0 Å². The number of nitrogens with two attached hydrogens (primary N) is 1. The van der Waals surface area contributed by atoms with Crippen LogP contribution in [0.5, 0.6) is 0 Å². The van der Waals surface area contributed by atoms with E-state index < -0.39 is 0 Å². The molecular weight excluding hydrogens is 210 g/mol. The first-order chi connectivity index (χ1) is 8.27. The Morgan fingerprint density at radius 3 is 2.65 bits per heavy atom. The summed E-state index contributed by atoms with van der Waals surface area (Å²) in [5.41, 5.74) is 8.51. The van der Waals surface area contributed by atoms with Gasteiger partial charge in [0.15, 0.2) is 0 Å². The van der Waals surface area contributed by atoms with Gasteiger partial charge >= 0.3 is 0 Å². The molecule has 1 saturated carbocycles. The highest BCUT2D eigenvalue weighted by Gasteiger charge is 2.39. The molecule has 17 heavy (non-hydrogen) atoms. The van der Waals surface area contributed by atoms with Gasteiger partial charge in [-0.15, -0.1) is 0 Å². The van der Waals surface area contributed by atoms with E-state index in [4.69, 9.17) is 5.73 Å². The summed E-state index contributed by atoms with van der Waals surface area (Å²) in [5.74, 6) is 1.37. The van der Waals surface area contributed by atoms with E-state index in [0.29, 0.717) is 5.92 Å². The van der Waals surface area contributed by atoms with Gasteiger partial charge in [-0.1, -0.05) is 25.1 Å². The van der Waals surface area contributed by atoms with Crippen molar-refractivity contribution in [3.63, 3.8) is 0 Å². The molecule has 0 amide bonds. The number of hydrogen-bond donors (Lipinski definition) is 1. The fraction of sp³-hybridized carbons (Fsp3) is 0.357. The Morgan fingerprint density at radius 2 is 2.00 bits per heavy atom. The minimum absolute atomic E-state index is 0.104. The lowest BCUT2D eigenvalue weighted by molar-refractivity contribution is 0.559. The van der Waals surface area contributed by atoms with Crippen LogP contribution in [0, 0.1) is 11.8 Å². The molecule has 2 N–H and O–H groups in total. The first kappa shape index (κ1) is 10.5. The van der Waals surface area contributed by atoms with Gasteiger partial charge in [0.2, 0.25) is 0 Å². The first-order valence-electron chi connectivity index (χ1n) is 6.12. The minimum atomic E-state index is 0.104. The van der Waals surface area contributed by atoms with Crippen LogP contribution in [0.3, 0.4) is 0 Å². The number of rotatable bonds is 3. The number of aromatic nitrogens is 2. The molecule has 0 spiro atoms. The van der Waals surface area contributed by atoms with Crippen LogP contribution < -0.4 is 5.73 Å². The van der Waals surface area contributed by atoms with E-state index in [1.54, 1.807) is 0 Å². The minimum Gasteiger partial charge on any atom is -0.322 e. The van der Waals surface area contributed by atoms with Crippen molar-refractivity contribution in [1.29, 1.82) is 0 Å². The molecule has 3 unspecified atom stereocenters. The number of para-hydroxylation sites is 1. The maximum Gasteiger partial charge on any atom is 0.0649 e. The Balaban J connectivity index is 1.94. The lowest BCUT2D eigenvalue weighted by Gasteiger charge is -2.13. The summed E-state index contributed by atoms with van der Waals surface area (Å²) in [7, 11) is 0. The highest BCUT2D eigenvalue weighted by atomic mass is 15.3. The third-order valence-electron chi connectivity index (χ3n) is 3.65. The molecule has 1 aromatic carbocycles. The fourth-order valence-electron chi connectivity index (χ4n) is 2.42. The smallest absolute Gasteiger partial charge is 0.0649 e. The number of nitrogens with zero attached hydrogens (tertiary/aromatic N) is 2. The molecule has 2 aromatic rings. The molecule has 1 aromatic heterocycles. The molecule has 88 valence electrons. The SMILES string of the molecule is CC1CC1C(N)c1ccnn1-c1ccccc1. The van der Waals surface area contributed by atoms with E-state index in [1.807, 2.05) is 35.1 Å².